The minimum absolute atomic E-state index is 0.248. The topological polar surface area (TPSA) is 68.2 Å². The van der Waals surface area contributed by atoms with E-state index in [0.29, 0.717) is 0 Å². The monoisotopic (exact) mass is 192 g/mol. The van der Waals surface area contributed by atoms with Crippen molar-refractivity contribution >= 4 is 0 Å². The maximum atomic E-state index is 9.47. The summed E-state index contributed by atoms with van der Waals surface area (Å²) in [6, 6.07) is 0. The van der Waals surface area contributed by atoms with E-state index in [1.165, 1.54) is 14.2 Å². The quantitative estimate of drug-likeness (QED) is 0.607. The first-order chi connectivity index (χ1) is 6.19. The molecular formula is C8H16O5. The molecule has 1 fully saturated rings. The van der Waals surface area contributed by atoms with E-state index in [2.05, 4.69) is 0 Å². The van der Waals surface area contributed by atoms with Crippen LogP contribution >= 0.6 is 0 Å². The summed E-state index contributed by atoms with van der Waals surface area (Å²) in [7, 11) is 3.01. The molecule has 0 saturated carbocycles. The molecule has 2 N–H and O–H groups in total. The average Bonchev–Trinajstić information content (AvgIpc) is 2.13. The van der Waals surface area contributed by atoms with E-state index in [4.69, 9.17) is 14.2 Å². The fourth-order valence-corrected chi connectivity index (χ4v) is 1.37. The van der Waals surface area contributed by atoms with Crippen molar-refractivity contribution < 1.29 is 24.4 Å². The zero-order chi connectivity index (χ0) is 9.84. The van der Waals surface area contributed by atoms with Crippen LogP contribution in [-0.2, 0) is 14.2 Å². The van der Waals surface area contributed by atoms with E-state index in [1.807, 2.05) is 0 Å². The lowest BCUT2D eigenvalue weighted by Gasteiger charge is -2.35. The summed E-state index contributed by atoms with van der Waals surface area (Å²) in [5.74, 6) is 0. The number of aliphatic hydroxyl groups is 2. The Morgan fingerprint density at radius 1 is 1.38 bits per heavy atom. The largest absolute Gasteiger partial charge is 0.390 e. The number of hydrogen-bond donors (Lipinski definition) is 2. The lowest BCUT2D eigenvalue weighted by atomic mass is 10.0. The van der Waals surface area contributed by atoms with Crippen LogP contribution < -0.4 is 0 Å². The van der Waals surface area contributed by atoms with Gasteiger partial charge in [-0.05, 0) is 0 Å². The molecule has 1 aliphatic rings. The van der Waals surface area contributed by atoms with Crippen LogP contribution in [0.3, 0.4) is 0 Å². The highest BCUT2D eigenvalue weighted by Gasteiger charge is 2.36. The van der Waals surface area contributed by atoms with Gasteiger partial charge in [0.15, 0.2) is 6.29 Å². The summed E-state index contributed by atoms with van der Waals surface area (Å²) >= 11 is 0. The van der Waals surface area contributed by atoms with Gasteiger partial charge in [0.05, 0.1) is 12.7 Å². The van der Waals surface area contributed by atoms with E-state index in [-0.39, 0.29) is 13.0 Å². The van der Waals surface area contributed by atoms with Crippen LogP contribution in [0.2, 0.25) is 0 Å². The number of hydrogen-bond acceptors (Lipinski definition) is 5. The van der Waals surface area contributed by atoms with Crippen molar-refractivity contribution in [2.45, 2.75) is 31.0 Å². The van der Waals surface area contributed by atoms with Gasteiger partial charge in [-0.25, -0.2) is 0 Å². The fourth-order valence-electron chi connectivity index (χ4n) is 1.37. The lowest BCUT2D eigenvalue weighted by Crippen LogP contribution is -2.50. The van der Waals surface area contributed by atoms with Crippen molar-refractivity contribution in [2.24, 2.45) is 0 Å². The second-order valence-corrected chi connectivity index (χ2v) is 3.09. The molecule has 78 valence electrons. The Morgan fingerprint density at radius 3 is 2.62 bits per heavy atom. The molecule has 0 aromatic rings. The minimum atomic E-state index is -0.897. The van der Waals surface area contributed by atoms with Crippen LogP contribution in [0.5, 0.6) is 0 Å². The van der Waals surface area contributed by atoms with E-state index >= 15 is 0 Å². The second-order valence-electron chi connectivity index (χ2n) is 3.09. The molecule has 4 unspecified atom stereocenters. The molecule has 4 atom stereocenters. The summed E-state index contributed by atoms with van der Waals surface area (Å²) < 4.78 is 15.1. The Bertz CT molecular complexity index is 151. The highest BCUT2D eigenvalue weighted by Crippen LogP contribution is 2.20. The molecule has 0 radical (unpaired) electrons. The molecule has 5 heteroatoms. The first-order valence-electron chi connectivity index (χ1n) is 4.22. The van der Waals surface area contributed by atoms with Gasteiger partial charge >= 0.3 is 0 Å². The number of rotatable bonds is 3. The third-order valence-corrected chi connectivity index (χ3v) is 2.13. The van der Waals surface area contributed by atoms with E-state index < -0.39 is 24.6 Å². The smallest absolute Gasteiger partial charge is 0.160 e. The molecule has 13 heavy (non-hydrogen) atoms. The van der Waals surface area contributed by atoms with Crippen molar-refractivity contribution in [3.05, 3.63) is 0 Å². The van der Waals surface area contributed by atoms with E-state index in [9.17, 15) is 10.2 Å². The van der Waals surface area contributed by atoms with E-state index in [0.717, 1.165) is 0 Å². The van der Waals surface area contributed by atoms with Crippen LogP contribution in [0.15, 0.2) is 0 Å². The summed E-state index contributed by atoms with van der Waals surface area (Å²) in [6.07, 6.45) is -2.39. The SMILES string of the molecule is COCC1OC(OC)CC(O)C1O. The first kappa shape index (κ1) is 10.9. The highest BCUT2D eigenvalue weighted by atomic mass is 16.7. The molecule has 0 aromatic carbocycles. The Balaban J connectivity index is 2.50. The van der Waals surface area contributed by atoms with Gasteiger partial charge in [-0.3, -0.25) is 0 Å². The van der Waals surface area contributed by atoms with Crippen molar-refractivity contribution in [1.82, 2.24) is 0 Å². The van der Waals surface area contributed by atoms with Gasteiger partial charge in [-0.1, -0.05) is 0 Å². The Hall–Kier alpha value is -0.200. The second kappa shape index (κ2) is 4.88. The molecule has 0 spiro atoms. The molecule has 0 amide bonds. The maximum absolute atomic E-state index is 9.47. The summed E-state index contributed by atoms with van der Waals surface area (Å²) in [6.45, 7) is 0.248. The van der Waals surface area contributed by atoms with E-state index in [1.54, 1.807) is 0 Å². The minimum Gasteiger partial charge on any atom is -0.390 e. The predicted molar refractivity (Wildman–Crippen MR) is 44.2 cm³/mol. The van der Waals surface area contributed by atoms with Gasteiger partial charge in [0.2, 0.25) is 0 Å². The Labute approximate surface area is 77.2 Å². The zero-order valence-corrected chi connectivity index (χ0v) is 7.84. The third-order valence-electron chi connectivity index (χ3n) is 2.13. The standard InChI is InChI=1S/C8H16O5/c1-11-4-6-8(10)5(9)3-7(12-2)13-6/h5-10H,3-4H2,1-2H3. The molecule has 5 nitrogen and oxygen atoms in total. The molecule has 1 saturated heterocycles. The number of ether oxygens (including phenoxy) is 3. The third kappa shape index (κ3) is 2.62. The maximum Gasteiger partial charge on any atom is 0.160 e. The molecule has 1 heterocycles. The van der Waals surface area contributed by atoms with Gasteiger partial charge in [-0.2, -0.15) is 0 Å². The van der Waals surface area contributed by atoms with Gasteiger partial charge in [-0.15, -0.1) is 0 Å². The highest BCUT2D eigenvalue weighted by molar-refractivity contribution is 4.82. The molecular weight excluding hydrogens is 176 g/mol. The zero-order valence-electron chi connectivity index (χ0n) is 7.84. The first-order valence-corrected chi connectivity index (χ1v) is 4.22. The van der Waals surface area contributed by atoms with Gasteiger partial charge in [0.25, 0.3) is 0 Å². The molecule has 0 bridgehead atoms. The summed E-state index contributed by atoms with van der Waals surface area (Å²) in [4.78, 5) is 0. The lowest BCUT2D eigenvalue weighted by molar-refractivity contribution is -0.250. The van der Waals surface area contributed by atoms with Crippen LogP contribution in [0.25, 0.3) is 0 Å². The van der Waals surface area contributed by atoms with Crippen molar-refractivity contribution in [2.75, 3.05) is 20.8 Å². The summed E-state index contributed by atoms with van der Waals surface area (Å²) in [5.41, 5.74) is 0. The summed E-state index contributed by atoms with van der Waals surface area (Å²) in [5, 5.41) is 18.9. The molecule has 1 rings (SSSR count). The molecule has 0 aliphatic carbocycles. The van der Waals surface area contributed by atoms with Crippen LogP contribution in [0, 0.1) is 0 Å². The van der Waals surface area contributed by atoms with Crippen molar-refractivity contribution in [3.8, 4) is 0 Å². The van der Waals surface area contributed by atoms with Crippen molar-refractivity contribution in [3.63, 3.8) is 0 Å². The van der Waals surface area contributed by atoms with Crippen LogP contribution in [0.4, 0.5) is 0 Å². The Morgan fingerprint density at radius 2 is 2.08 bits per heavy atom. The fraction of sp³-hybridized carbons (Fsp3) is 1.00. The molecule has 0 aromatic heterocycles. The van der Waals surface area contributed by atoms with Crippen LogP contribution in [-0.4, -0.2) is 55.6 Å². The molecule has 1 aliphatic heterocycles. The van der Waals surface area contributed by atoms with Crippen LogP contribution in [0.1, 0.15) is 6.42 Å². The normalized spacial score (nSPS) is 40.6. The Kier molecular flexibility index (Phi) is 4.08. The number of aliphatic hydroxyl groups excluding tert-OH is 2. The van der Waals surface area contributed by atoms with Gasteiger partial charge < -0.3 is 24.4 Å². The van der Waals surface area contributed by atoms with Gasteiger partial charge in [0, 0.05) is 20.6 Å². The predicted octanol–water partition coefficient (Wildman–Crippen LogP) is -0.884. The van der Waals surface area contributed by atoms with Gasteiger partial charge in [0.1, 0.15) is 12.2 Å². The average molecular weight is 192 g/mol. The number of methoxy groups -OCH3 is 2. The van der Waals surface area contributed by atoms with Crippen molar-refractivity contribution in [1.29, 1.82) is 0 Å².